The van der Waals surface area contributed by atoms with Crippen LogP contribution in [0.3, 0.4) is 0 Å². The molecule has 4 heteroatoms. The minimum Gasteiger partial charge on any atom is -0.481 e. The van der Waals surface area contributed by atoms with Crippen LogP contribution in [0.2, 0.25) is 0 Å². The van der Waals surface area contributed by atoms with E-state index in [-0.39, 0.29) is 6.42 Å². The maximum Gasteiger partial charge on any atom is 0.305 e. The zero-order valence-corrected chi connectivity index (χ0v) is 10.2. The summed E-state index contributed by atoms with van der Waals surface area (Å²) in [7, 11) is 0. The molecule has 0 fully saturated rings. The molecule has 0 amide bonds. The van der Waals surface area contributed by atoms with Gasteiger partial charge in [-0.3, -0.25) is 4.79 Å². The fourth-order valence-electron chi connectivity index (χ4n) is 1.68. The standard InChI is InChI=1S/C13H16N2O2/c1-9-6-11(5-4-10(9)8-14)15-13(2,3)7-12(16)17/h4-6,15H,7H2,1-3H3,(H,16,17). The largest absolute Gasteiger partial charge is 0.481 e. The summed E-state index contributed by atoms with van der Waals surface area (Å²) in [5.41, 5.74) is 1.81. The van der Waals surface area contributed by atoms with Gasteiger partial charge in [0, 0.05) is 11.2 Å². The number of nitrogens with zero attached hydrogens (tertiary/aromatic N) is 1. The Balaban J connectivity index is 2.86. The van der Waals surface area contributed by atoms with Crippen LogP contribution in [0.4, 0.5) is 5.69 Å². The zero-order valence-electron chi connectivity index (χ0n) is 10.2. The quantitative estimate of drug-likeness (QED) is 0.836. The fraction of sp³-hybridized carbons (Fsp3) is 0.385. The molecule has 0 aliphatic heterocycles. The second kappa shape index (κ2) is 4.88. The Hall–Kier alpha value is -2.02. The summed E-state index contributed by atoms with van der Waals surface area (Å²) in [6.45, 7) is 5.51. The van der Waals surface area contributed by atoms with Gasteiger partial charge in [-0.2, -0.15) is 5.26 Å². The fourth-order valence-corrected chi connectivity index (χ4v) is 1.68. The van der Waals surface area contributed by atoms with Gasteiger partial charge in [0.05, 0.1) is 18.1 Å². The van der Waals surface area contributed by atoms with Gasteiger partial charge in [-0.25, -0.2) is 0 Å². The molecule has 0 aliphatic carbocycles. The molecule has 0 bridgehead atoms. The number of carboxylic acid groups (broad SMARTS) is 1. The normalized spacial score (nSPS) is 10.7. The summed E-state index contributed by atoms with van der Waals surface area (Å²) in [4.78, 5) is 10.7. The molecule has 2 N–H and O–H groups in total. The summed E-state index contributed by atoms with van der Waals surface area (Å²) in [5, 5.41) is 20.7. The van der Waals surface area contributed by atoms with Gasteiger partial charge in [0.1, 0.15) is 0 Å². The van der Waals surface area contributed by atoms with Crippen molar-refractivity contribution in [1.82, 2.24) is 0 Å². The molecule has 90 valence electrons. The number of carbonyl (C=O) groups is 1. The van der Waals surface area contributed by atoms with Crippen molar-refractivity contribution < 1.29 is 9.90 Å². The Morgan fingerprint density at radius 2 is 2.18 bits per heavy atom. The van der Waals surface area contributed by atoms with Crippen molar-refractivity contribution in [3.05, 3.63) is 29.3 Å². The molecule has 0 aliphatic rings. The summed E-state index contributed by atoms with van der Waals surface area (Å²) in [6.07, 6.45) is 0.0338. The molecule has 0 heterocycles. The van der Waals surface area contributed by atoms with Gasteiger partial charge in [0.15, 0.2) is 0 Å². The lowest BCUT2D eigenvalue weighted by molar-refractivity contribution is -0.137. The molecular formula is C13H16N2O2. The molecule has 0 aromatic heterocycles. The number of nitrogens with one attached hydrogen (secondary N) is 1. The lowest BCUT2D eigenvalue weighted by atomic mass is 9.99. The number of nitriles is 1. The first kappa shape index (κ1) is 13.0. The lowest BCUT2D eigenvalue weighted by Crippen LogP contribution is -2.33. The summed E-state index contributed by atoms with van der Waals surface area (Å²) >= 11 is 0. The van der Waals surface area contributed by atoms with Crippen LogP contribution in [0.15, 0.2) is 18.2 Å². The van der Waals surface area contributed by atoms with E-state index in [4.69, 9.17) is 10.4 Å². The number of carboxylic acids is 1. The maximum absolute atomic E-state index is 10.7. The van der Waals surface area contributed by atoms with E-state index in [0.717, 1.165) is 11.3 Å². The van der Waals surface area contributed by atoms with Crippen molar-refractivity contribution in [2.45, 2.75) is 32.7 Å². The van der Waals surface area contributed by atoms with Gasteiger partial charge in [0.2, 0.25) is 0 Å². The number of aryl methyl sites for hydroxylation is 1. The lowest BCUT2D eigenvalue weighted by Gasteiger charge is -2.26. The topological polar surface area (TPSA) is 73.1 Å². The minimum atomic E-state index is -0.840. The van der Waals surface area contributed by atoms with E-state index in [0.29, 0.717) is 5.56 Å². The Kier molecular flexibility index (Phi) is 3.74. The van der Waals surface area contributed by atoms with Crippen molar-refractivity contribution in [2.75, 3.05) is 5.32 Å². The molecular weight excluding hydrogens is 216 g/mol. The van der Waals surface area contributed by atoms with Crippen LogP contribution in [0.5, 0.6) is 0 Å². The van der Waals surface area contributed by atoms with Crippen molar-refractivity contribution in [2.24, 2.45) is 0 Å². The maximum atomic E-state index is 10.7. The van der Waals surface area contributed by atoms with Gasteiger partial charge >= 0.3 is 5.97 Å². The van der Waals surface area contributed by atoms with Crippen LogP contribution >= 0.6 is 0 Å². The highest BCUT2D eigenvalue weighted by Gasteiger charge is 2.21. The first-order valence-electron chi connectivity index (χ1n) is 5.35. The third-order valence-corrected chi connectivity index (χ3v) is 2.42. The van der Waals surface area contributed by atoms with Crippen molar-refractivity contribution in [3.8, 4) is 6.07 Å². The average molecular weight is 232 g/mol. The van der Waals surface area contributed by atoms with E-state index >= 15 is 0 Å². The minimum absolute atomic E-state index is 0.0338. The Morgan fingerprint density at radius 3 is 2.65 bits per heavy atom. The first-order chi connectivity index (χ1) is 7.84. The van der Waals surface area contributed by atoms with E-state index in [1.165, 1.54) is 0 Å². The van der Waals surface area contributed by atoms with Crippen molar-refractivity contribution in [1.29, 1.82) is 5.26 Å². The van der Waals surface area contributed by atoms with E-state index in [1.807, 2.05) is 26.8 Å². The van der Waals surface area contributed by atoms with Gasteiger partial charge < -0.3 is 10.4 Å². The van der Waals surface area contributed by atoms with Crippen molar-refractivity contribution in [3.63, 3.8) is 0 Å². The average Bonchev–Trinajstić information content (AvgIpc) is 2.14. The number of aliphatic carboxylic acids is 1. The van der Waals surface area contributed by atoms with Crippen LogP contribution in [0.25, 0.3) is 0 Å². The Bertz CT molecular complexity index is 473. The molecule has 17 heavy (non-hydrogen) atoms. The molecule has 0 radical (unpaired) electrons. The monoisotopic (exact) mass is 232 g/mol. The van der Waals surface area contributed by atoms with E-state index in [1.54, 1.807) is 12.1 Å². The van der Waals surface area contributed by atoms with E-state index in [9.17, 15) is 4.79 Å². The molecule has 4 nitrogen and oxygen atoms in total. The molecule has 1 aromatic rings. The number of benzene rings is 1. The summed E-state index contributed by atoms with van der Waals surface area (Å²) < 4.78 is 0. The molecule has 0 saturated carbocycles. The number of rotatable bonds is 4. The second-order valence-corrected chi connectivity index (χ2v) is 4.72. The van der Waals surface area contributed by atoms with E-state index < -0.39 is 11.5 Å². The molecule has 0 spiro atoms. The number of hydrogen-bond acceptors (Lipinski definition) is 3. The van der Waals surface area contributed by atoms with Crippen molar-refractivity contribution >= 4 is 11.7 Å². The van der Waals surface area contributed by atoms with Gasteiger partial charge in [0.25, 0.3) is 0 Å². The molecule has 1 rings (SSSR count). The third kappa shape index (κ3) is 3.80. The first-order valence-corrected chi connectivity index (χ1v) is 5.35. The van der Waals surface area contributed by atoms with Crippen LogP contribution in [0, 0.1) is 18.3 Å². The van der Waals surface area contributed by atoms with Crippen LogP contribution in [-0.2, 0) is 4.79 Å². The Labute approximate surface area is 101 Å². The van der Waals surface area contributed by atoms with Gasteiger partial charge in [-0.1, -0.05) is 0 Å². The zero-order chi connectivity index (χ0) is 13.1. The predicted molar refractivity (Wildman–Crippen MR) is 65.8 cm³/mol. The summed E-state index contributed by atoms with van der Waals surface area (Å²) in [5.74, 6) is -0.840. The highest BCUT2D eigenvalue weighted by molar-refractivity contribution is 5.69. The van der Waals surface area contributed by atoms with Crippen LogP contribution in [0.1, 0.15) is 31.4 Å². The number of anilines is 1. The molecule has 0 unspecified atom stereocenters. The highest BCUT2D eigenvalue weighted by atomic mass is 16.4. The van der Waals surface area contributed by atoms with Crippen LogP contribution in [-0.4, -0.2) is 16.6 Å². The summed E-state index contributed by atoms with van der Waals surface area (Å²) in [6, 6.07) is 7.46. The predicted octanol–water partition coefficient (Wildman–Crippen LogP) is 2.53. The Morgan fingerprint density at radius 1 is 1.53 bits per heavy atom. The van der Waals surface area contributed by atoms with Crippen LogP contribution < -0.4 is 5.32 Å². The molecule has 0 atom stereocenters. The molecule has 1 aromatic carbocycles. The number of hydrogen-bond donors (Lipinski definition) is 2. The molecule has 0 saturated heterocycles. The SMILES string of the molecule is Cc1cc(NC(C)(C)CC(=O)O)ccc1C#N. The second-order valence-electron chi connectivity index (χ2n) is 4.72. The third-order valence-electron chi connectivity index (χ3n) is 2.42. The van der Waals surface area contributed by atoms with Gasteiger partial charge in [-0.15, -0.1) is 0 Å². The van der Waals surface area contributed by atoms with Gasteiger partial charge in [-0.05, 0) is 44.5 Å². The van der Waals surface area contributed by atoms with E-state index in [2.05, 4.69) is 11.4 Å². The highest BCUT2D eigenvalue weighted by Crippen LogP contribution is 2.20. The smallest absolute Gasteiger partial charge is 0.305 e.